The number of amides is 1. The van der Waals surface area contributed by atoms with Crippen LogP contribution in [0.5, 0.6) is 5.75 Å². The number of aliphatic hydroxyl groups excluding tert-OH is 2. The highest BCUT2D eigenvalue weighted by atomic mass is 16.3. The first-order chi connectivity index (χ1) is 17.9. The standard InChI is InChI=1S/C28H26N2O8/c1-11(31)12-3-2-4-13(5-12)17-8-15(10-29)23(33)21-18(17)7-14-6-16-9-19(32)22(27(30)37)26(36)28(16,38)25(35)20(14)24(21)34/h2-5,8,14,16,33-34,36,38H,6-7,9-10,29H2,1H3,(H2,30,37)/t14-,16+,28+/m1/s1. The van der Waals surface area contributed by atoms with Gasteiger partial charge in [-0.25, -0.2) is 0 Å². The highest BCUT2D eigenvalue weighted by molar-refractivity contribution is 6.22. The van der Waals surface area contributed by atoms with Gasteiger partial charge < -0.3 is 31.9 Å². The normalized spacial score (nSPS) is 24.6. The Morgan fingerprint density at radius 2 is 1.82 bits per heavy atom. The summed E-state index contributed by atoms with van der Waals surface area (Å²) in [6, 6.07) is 8.50. The van der Waals surface area contributed by atoms with Crippen molar-refractivity contribution in [3.05, 3.63) is 69.5 Å². The first-order valence-corrected chi connectivity index (χ1v) is 12.1. The molecule has 2 aromatic carbocycles. The lowest BCUT2D eigenvalue weighted by Gasteiger charge is -2.46. The van der Waals surface area contributed by atoms with Crippen molar-refractivity contribution >= 4 is 29.0 Å². The van der Waals surface area contributed by atoms with E-state index in [1.54, 1.807) is 30.3 Å². The van der Waals surface area contributed by atoms with Crippen LogP contribution in [0.2, 0.25) is 0 Å². The lowest BCUT2D eigenvalue weighted by molar-refractivity contribution is -0.147. The van der Waals surface area contributed by atoms with Gasteiger partial charge in [-0.1, -0.05) is 18.2 Å². The van der Waals surface area contributed by atoms with Crippen molar-refractivity contribution in [2.75, 3.05) is 0 Å². The molecule has 0 saturated heterocycles. The number of rotatable bonds is 4. The summed E-state index contributed by atoms with van der Waals surface area (Å²) >= 11 is 0. The minimum atomic E-state index is -2.63. The molecule has 3 atom stereocenters. The Bertz CT molecular complexity index is 1540. The Morgan fingerprint density at radius 3 is 2.45 bits per heavy atom. The molecule has 1 saturated carbocycles. The van der Waals surface area contributed by atoms with Crippen molar-refractivity contribution < 1.29 is 39.6 Å². The molecule has 1 fully saturated rings. The summed E-state index contributed by atoms with van der Waals surface area (Å²) in [5.74, 6) is -7.05. The topological polar surface area (TPSA) is 201 Å². The van der Waals surface area contributed by atoms with Crippen LogP contribution in [0.3, 0.4) is 0 Å². The van der Waals surface area contributed by atoms with Gasteiger partial charge in [0.1, 0.15) is 22.8 Å². The van der Waals surface area contributed by atoms with E-state index in [2.05, 4.69) is 0 Å². The van der Waals surface area contributed by atoms with Crippen molar-refractivity contribution in [1.82, 2.24) is 0 Å². The number of aliphatic hydroxyl groups is 3. The summed E-state index contributed by atoms with van der Waals surface area (Å²) in [7, 11) is 0. The minimum Gasteiger partial charge on any atom is -0.508 e. The van der Waals surface area contributed by atoms with Gasteiger partial charge in [-0.3, -0.25) is 19.2 Å². The van der Waals surface area contributed by atoms with Gasteiger partial charge in [-0.05, 0) is 54.5 Å². The zero-order valence-electron chi connectivity index (χ0n) is 20.4. The van der Waals surface area contributed by atoms with Crippen molar-refractivity contribution in [1.29, 1.82) is 0 Å². The molecule has 10 heteroatoms. The maximum absolute atomic E-state index is 13.7. The number of carbonyl (C=O) groups excluding carboxylic acids is 4. The number of primary amides is 1. The molecule has 1 amide bonds. The van der Waals surface area contributed by atoms with Crippen LogP contribution in [0.25, 0.3) is 16.9 Å². The zero-order valence-corrected chi connectivity index (χ0v) is 20.4. The van der Waals surface area contributed by atoms with Crippen molar-refractivity contribution in [2.24, 2.45) is 23.3 Å². The molecule has 10 nitrogen and oxygen atoms in total. The predicted octanol–water partition coefficient (Wildman–Crippen LogP) is 1.75. The number of aromatic hydroxyl groups is 1. The quantitative estimate of drug-likeness (QED) is 0.257. The smallest absolute Gasteiger partial charge is 0.255 e. The minimum absolute atomic E-state index is 0.0231. The highest BCUT2D eigenvalue weighted by Crippen LogP contribution is 2.53. The first kappa shape index (κ1) is 25.4. The molecule has 0 unspecified atom stereocenters. The van der Waals surface area contributed by atoms with E-state index in [0.717, 1.165) is 0 Å². The lowest BCUT2D eigenvalue weighted by Crippen LogP contribution is -2.58. The average molecular weight is 519 g/mol. The van der Waals surface area contributed by atoms with Crippen molar-refractivity contribution in [3.8, 4) is 16.9 Å². The molecular weight excluding hydrogens is 492 g/mol. The highest BCUT2D eigenvalue weighted by Gasteiger charge is 2.60. The fourth-order valence-electron chi connectivity index (χ4n) is 6.06. The third-order valence-corrected chi connectivity index (χ3v) is 7.94. The number of nitrogens with two attached hydrogens (primary N) is 2. The van der Waals surface area contributed by atoms with E-state index in [1.165, 1.54) is 6.92 Å². The van der Waals surface area contributed by atoms with Crippen LogP contribution in [-0.4, -0.2) is 49.3 Å². The van der Waals surface area contributed by atoms with Gasteiger partial charge in [0.25, 0.3) is 5.91 Å². The molecule has 196 valence electrons. The molecule has 5 rings (SSSR count). The SMILES string of the molecule is CC(=O)c1cccc(-c2cc(CN)c(O)c3c2C[C@H]2C[C@H]4CC(=O)C(C(N)=O)=C(O)[C@@]4(O)C(=O)C2=C3O)c1. The Morgan fingerprint density at radius 1 is 1.11 bits per heavy atom. The number of hydrogen-bond donors (Lipinski definition) is 6. The molecule has 38 heavy (non-hydrogen) atoms. The second-order valence-electron chi connectivity index (χ2n) is 10.0. The van der Waals surface area contributed by atoms with Crippen LogP contribution in [0, 0.1) is 11.8 Å². The lowest BCUT2D eigenvalue weighted by atomic mass is 9.59. The second-order valence-corrected chi connectivity index (χ2v) is 10.0. The van der Waals surface area contributed by atoms with Gasteiger partial charge in [0, 0.05) is 35.6 Å². The van der Waals surface area contributed by atoms with E-state index in [9.17, 15) is 39.6 Å². The van der Waals surface area contributed by atoms with Crippen LogP contribution in [0.1, 0.15) is 46.8 Å². The summed E-state index contributed by atoms with van der Waals surface area (Å²) in [4.78, 5) is 50.0. The maximum Gasteiger partial charge on any atom is 0.255 e. The van der Waals surface area contributed by atoms with Gasteiger partial charge in [-0.15, -0.1) is 0 Å². The molecular formula is C28H26N2O8. The summed E-state index contributed by atoms with van der Waals surface area (Å²) in [5, 5.41) is 44.5. The number of ketones is 3. The first-order valence-electron chi connectivity index (χ1n) is 12.1. The van der Waals surface area contributed by atoms with Gasteiger partial charge >= 0.3 is 0 Å². The molecule has 2 aromatic rings. The monoisotopic (exact) mass is 518 g/mol. The Kier molecular flexibility index (Phi) is 5.77. The molecule has 3 aliphatic rings. The Hall–Kier alpha value is -4.28. The molecule has 0 bridgehead atoms. The number of hydrogen-bond acceptors (Lipinski definition) is 9. The Balaban J connectivity index is 1.75. The van der Waals surface area contributed by atoms with Gasteiger partial charge in [0.2, 0.25) is 5.78 Å². The van der Waals surface area contributed by atoms with E-state index in [1.807, 2.05) is 0 Å². The van der Waals surface area contributed by atoms with E-state index >= 15 is 0 Å². The summed E-state index contributed by atoms with van der Waals surface area (Å²) in [6.45, 7) is 1.34. The summed E-state index contributed by atoms with van der Waals surface area (Å²) in [6.07, 6.45) is -0.228. The van der Waals surface area contributed by atoms with Gasteiger partial charge in [0.05, 0.1) is 5.56 Å². The number of fused-ring (bicyclic) bond motifs is 3. The molecule has 0 aromatic heterocycles. The van der Waals surface area contributed by atoms with Crippen molar-refractivity contribution in [3.63, 3.8) is 0 Å². The number of Topliss-reactive ketones (excluding diaryl/α,β-unsaturated/α-hetero) is 3. The summed E-state index contributed by atoms with van der Waals surface area (Å²) < 4.78 is 0. The number of phenolic OH excluding ortho intramolecular Hbond substituents is 1. The fourth-order valence-corrected chi connectivity index (χ4v) is 6.06. The maximum atomic E-state index is 13.7. The zero-order chi connectivity index (χ0) is 27.7. The molecule has 0 heterocycles. The molecule has 8 N–H and O–H groups in total. The van der Waals surface area contributed by atoms with Crippen molar-refractivity contribution in [2.45, 2.75) is 38.3 Å². The van der Waals surface area contributed by atoms with Gasteiger partial charge in [-0.2, -0.15) is 0 Å². The van der Waals surface area contributed by atoms with E-state index < -0.39 is 58.4 Å². The largest absolute Gasteiger partial charge is 0.508 e. The predicted molar refractivity (Wildman–Crippen MR) is 135 cm³/mol. The number of benzene rings is 2. The van der Waals surface area contributed by atoms with Crippen LogP contribution >= 0.6 is 0 Å². The fraction of sp³-hybridized carbons (Fsp3) is 0.286. The third-order valence-electron chi connectivity index (χ3n) is 7.94. The van der Waals surface area contributed by atoms with Crippen LogP contribution in [0.4, 0.5) is 0 Å². The Labute approximate surface area is 216 Å². The van der Waals surface area contributed by atoms with E-state index in [0.29, 0.717) is 22.3 Å². The second kappa shape index (κ2) is 8.64. The third kappa shape index (κ3) is 3.41. The number of carbonyl (C=O) groups is 4. The number of phenols is 1. The van der Waals surface area contributed by atoms with Crippen LogP contribution in [-0.2, 0) is 27.3 Å². The summed E-state index contributed by atoms with van der Waals surface area (Å²) in [5.41, 5.74) is 9.82. The van der Waals surface area contributed by atoms with Crippen LogP contribution in [0.15, 0.2) is 47.2 Å². The van der Waals surface area contributed by atoms with Crippen LogP contribution < -0.4 is 11.5 Å². The van der Waals surface area contributed by atoms with E-state index in [-0.39, 0.29) is 47.6 Å². The van der Waals surface area contributed by atoms with E-state index in [4.69, 9.17) is 11.5 Å². The average Bonchev–Trinajstić information content (AvgIpc) is 2.86. The molecule has 0 spiro atoms. The molecule has 3 aliphatic carbocycles. The molecule has 0 aliphatic heterocycles. The molecule has 0 radical (unpaired) electrons. The van der Waals surface area contributed by atoms with Gasteiger partial charge in [0.15, 0.2) is 17.2 Å².